The molecule has 4 N–H and O–H groups in total. The monoisotopic (exact) mass is 381 g/mol. The van der Waals surface area contributed by atoms with Crippen LogP contribution in [0.25, 0.3) is 0 Å². The molecule has 8 heteroatoms. The lowest BCUT2D eigenvalue weighted by Gasteiger charge is -2.10. The highest BCUT2D eigenvalue weighted by molar-refractivity contribution is 5.95. The van der Waals surface area contributed by atoms with E-state index in [1.54, 1.807) is 0 Å². The molecule has 1 heterocycles. The van der Waals surface area contributed by atoms with E-state index in [1.807, 2.05) is 24.3 Å². The predicted octanol–water partition coefficient (Wildman–Crippen LogP) is 2.06. The highest BCUT2D eigenvalue weighted by Gasteiger charge is 2.14. The molecule has 3 rings (SSSR count). The highest BCUT2D eigenvalue weighted by Crippen LogP contribution is 2.15. The Morgan fingerprint density at radius 1 is 1.11 bits per heavy atom. The Morgan fingerprint density at radius 3 is 2.68 bits per heavy atom. The zero-order valence-electron chi connectivity index (χ0n) is 15.6. The summed E-state index contributed by atoms with van der Waals surface area (Å²) in [6.45, 7) is 4.27. The van der Waals surface area contributed by atoms with E-state index in [0.717, 1.165) is 16.9 Å². The highest BCUT2D eigenvalue weighted by atomic mass is 16.6. The normalized spacial score (nSPS) is 10.6. The average Bonchev–Trinajstić information content (AvgIpc) is 3.13. The fourth-order valence-electron chi connectivity index (χ4n) is 2.53. The molecule has 3 aromatic rings. The van der Waals surface area contributed by atoms with Crippen LogP contribution in [0.2, 0.25) is 0 Å². The Morgan fingerprint density at radius 2 is 1.93 bits per heavy atom. The number of anilines is 1. The van der Waals surface area contributed by atoms with E-state index >= 15 is 0 Å². The minimum absolute atomic E-state index is 0.00146. The number of carbonyl (C=O) groups is 1. The Hall–Kier alpha value is -3.39. The molecule has 1 amide bonds. The number of rotatable bonds is 9. The third-order valence-corrected chi connectivity index (χ3v) is 4.07. The second kappa shape index (κ2) is 9.52. The molecule has 28 heavy (non-hydrogen) atoms. The number of benzene rings is 2. The van der Waals surface area contributed by atoms with Crippen molar-refractivity contribution in [3.63, 3.8) is 0 Å². The van der Waals surface area contributed by atoms with Gasteiger partial charge in [0.15, 0.2) is 0 Å². The Balaban J connectivity index is 1.39. The smallest absolute Gasteiger partial charge is 0.277 e. The van der Waals surface area contributed by atoms with Crippen molar-refractivity contribution >= 4 is 11.7 Å². The van der Waals surface area contributed by atoms with E-state index in [0.29, 0.717) is 26.2 Å². The van der Waals surface area contributed by atoms with Gasteiger partial charge in [0.1, 0.15) is 12.4 Å². The van der Waals surface area contributed by atoms with Gasteiger partial charge in [0, 0.05) is 19.6 Å². The van der Waals surface area contributed by atoms with Crippen LogP contribution in [0.1, 0.15) is 27.2 Å². The Labute approximate surface area is 163 Å². The number of carbonyl (C=O) groups excluding carboxylic acids is 1. The van der Waals surface area contributed by atoms with Gasteiger partial charge in [0.05, 0.1) is 0 Å². The van der Waals surface area contributed by atoms with E-state index < -0.39 is 5.91 Å². The molecule has 2 aromatic carbocycles. The number of aryl methyl sites for hydroxylation is 1. The standard InChI is InChI=1S/C20H23N5O3/c1-14-5-7-15(8-6-14)13-27-17-4-2-3-16(11-17)12-22-9-10-23-20(26)18-19(21)25-28-24-18/h2-8,11,22H,9-10,12-13H2,1H3,(H2,21,25)(H,23,26). The van der Waals surface area contributed by atoms with Gasteiger partial charge in [-0.1, -0.05) is 42.0 Å². The molecular weight excluding hydrogens is 358 g/mol. The summed E-state index contributed by atoms with van der Waals surface area (Å²) >= 11 is 0. The molecule has 0 aliphatic carbocycles. The molecule has 0 saturated heterocycles. The Bertz CT molecular complexity index is 908. The molecule has 0 aliphatic heterocycles. The maximum absolute atomic E-state index is 11.8. The zero-order chi connectivity index (χ0) is 19.8. The van der Waals surface area contributed by atoms with Gasteiger partial charge in [-0.15, -0.1) is 0 Å². The van der Waals surface area contributed by atoms with Crippen molar-refractivity contribution in [1.29, 1.82) is 0 Å². The fourth-order valence-corrected chi connectivity index (χ4v) is 2.53. The first-order valence-corrected chi connectivity index (χ1v) is 8.96. The number of aromatic nitrogens is 2. The van der Waals surface area contributed by atoms with Crippen LogP contribution < -0.4 is 21.1 Å². The first-order valence-electron chi connectivity index (χ1n) is 8.96. The summed E-state index contributed by atoms with van der Waals surface area (Å²) in [4.78, 5) is 11.8. The number of hydrogen-bond acceptors (Lipinski definition) is 7. The van der Waals surface area contributed by atoms with Gasteiger partial charge in [-0.3, -0.25) is 4.79 Å². The Kier molecular flexibility index (Phi) is 6.59. The van der Waals surface area contributed by atoms with Crippen molar-refractivity contribution in [1.82, 2.24) is 20.9 Å². The first kappa shape index (κ1) is 19.4. The van der Waals surface area contributed by atoms with Crippen molar-refractivity contribution in [2.24, 2.45) is 0 Å². The van der Waals surface area contributed by atoms with Gasteiger partial charge in [-0.25, -0.2) is 4.63 Å². The van der Waals surface area contributed by atoms with Crippen LogP contribution >= 0.6 is 0 Å². The average molecular weight is 381 g/mol. The summed E-state index contributed by atoms with van der Waals surface area (Å²) in [7, 11) is 0. The van der Waals surface area contributed by atoms with E-state index in [4.69, 9.17) is 10.5 Å². The third kappa shape index (κ3) is 5.55. The predicted molar refractivity (Wildman–Crippen MR) is 105 cm³/mol. The first-order chi connectivity index (χ1) is 13.6. The van der Waals surface area contributed by atoms with E-state index in [1.165, 1.54) is 5.56 Å². The minimum Gasteiger partial charge on any atom is -0.489 e. The number of nitrogens with two attached hydrogens (primary N) is 1. The van der Waals surface area contributed by atoms with Gasteiger partial charge >= 0.3 is 0 Å². The van der Waals surface area contributed by atoms with E-state index in [2.05, 4.69) is 56.8 Å². The lowest BCUT2D eigenvalue weighted by molar-refractivity contribution is 0.0944. The van der Waals surface area contributed by atoms with E-state index in [9.17, 15) is 4.79 Å². The van der Waals surface area contributed by atoms with Crippen LogP contribution in [0, 0.1) is 6.92 Å². The lowest BCUT2D eigenvalue weighted by atomic mass is 10.2. The summed E-state index contributed by atoms with van der Waals surface area (Å²) in [6, 6.07) is 16.2. The van der Waals surface area contributed by atoms with Crippen molar-refractivity contribution in [2.45, 2.75) is 20.1 Å². The number of nitrogen functional groups attached to an aromatic ring is 1. The molecule has 8 nitrogen and oxygen atoms in total. The van der Waals surface area contributed by atoms with Gasteiger partial charge in [0.2, 0.25) is 11.5 Å². The summed E-state index contributed by atoms with van der Waals surface area (Å²) < 4.78 is 10.3. The van der Waals surface area contributed by atoms with Crippen LogP contribution in [0.3, 0.4) is 0 Å². The number of nitrogens with zero attached hydrogens (tertiary/aromatic N) is 2. The molecule has 0 fully saturated rings. The SMILES string of the molecule is Cc1ccc(COc2cccc(CNCCNC(=O)c3nonc3N)c2)cc1. The molecule has 0 radical (unpaired) electrons. The lowest BCUT2D eigenvalue weighted by Crippen LogP contribution is -2.32. The molecule has 0 bridgehead atoms. The number of hydrogen-bond donors (Lipinski definition) is 3. The number of amides is 1. The number of ether oxygens (including phenoxy) is 1. The van der Waals surface area contributed by atoms with Crippen molar-refractivity contribution in [3.05, 3.63) is 70.9 Å². The van der Waals surface area contributed by atoms with Gasteiger partial charge in [-0.05, 0) is 40.5 Å². The van der Waals surface area contributed by atoms with Crippen LogP contribution in [0.4, 0.5) is 5.82 Å². The number of nitrogens with one attached hydrogen (secondary N) is 2. The van der Waals surface area contributed by atoms with Gasteiger partial charge in [-0.2, -0.15) is 0 Å². The van der Waals surface area contributed by atoms with Crippen molar-refractivity contribution in [2.75, 3.05) is 18.8 Å². The van der Waals surface area contributed by atoms with Gasteiger partial charge < -0.3 is 21.1 Å². The molecule has 0 spiro atoms. The van der Waals surface area contributed by atoms with Gasteiger partial charge in [0.25, 0.3) is 5.91 Å². The van der Waals surface area contributed by atoms with Crippen LogP contribution in [0.5, 0.6) is 5.75 Å². The maximum atomic E-state index is 11.8. The topological polar surface area (TPSA) is 115 Å². The van der Waals surface area contributed by atoms with E-state index in [-0.39, 0.29) is 11.5 Å². The minimum atomic E-state index is -0.410. The maximum Gasteiger partial charge on any atom is 0.277 e. The zero-order valence-corrected chi connectivity index (χ0v) is 15.6. The molecule has 0 aliphatic rings. The fraction of sp³-hybridized carbons (Fsp3) is 0.250. The molecule has 146 valence electrons. The summed E-state index contributed by atoms with van der Waals surface area (Å²) in [6.07, 6.45) is 0. The largest absolute Gasteiger partial charge is 0.489 e. The molecule has 0 atom stereocenters. The van der Waals surface area contributed by atoms with Crippen LogP contribution in [-0.2, 0) is 13.2 Å². The quantitative estimate of drug-likeness (QED) is 0.486. The molecule has 0 unspecified atom stereocenters. The molecule has 1 aromatic heterocycles. The van der Waals surface area contributed by atoms with Crippen molar-refractivity contribution in [3.8, 4) is 5.75 Å². The molecule has 0 saturated carbocycles. The summed E-state index contributed by atoms with van der Waals surface area (Å²) in [5, 5.41) is 12.8. The molecular formula is C20H23N5O3. The van der Waals surface area contributed by atoms with Crippen LogP contribution in [-0.4, -0.2) is 29.3 Å². The van der Waals surface area contributed by atoms with Crippen molar-refractivity contribution < 1.29 is 14.2 Å². The summed E-state index contributed by atoms with van der Waals surface area (Å²) in [5.41, 5.74) is 8.93. The summed E-state index contributed by atoms with van der Waals surface area (Å²) in [5.74, 6) is 0.391. The third-order valence-electron chi connectivity index (χ3n) is 4.07. The second-order valence-corrected chi connectivity index (χ2v) is 6.35. The van der Waals surface area contributed by atoms with Crippen LogP contribution in [0.15, 0.2) is 53.2 Å². The second-order valence-electron chi connectivity index (χ2n) is 6.35.